The van der Waals surface area contributed by atoms with E-state index in [0.29, 0.717) is 23.6 Å². The first-order valence-corrected chi connectivity index (χ1v) is 6.52. The van der Waals surface area contributed by atoms with E-state index in [0.717, 1.165) is 13.0 Å². The molecule has 0 bridgehead atoms. The Morgan fingerprint density at radius 2 is 1.94 bits per heavy atom. The molecule has 0 spiro atoms. The standard InChI is InChI=1S/C14H20ClNO2/c1-11(17)7-9-16(2)10-8-14(18)12-3-5-13(15)6-4-12/h3-6,11,17H,7-10H2,1-2H3. The molecule has 0 fully saturated rings. The van der Waals surface area contributed by atoms with Crippen LogP contribution < -0.4 is 0 Å². The number of ketones is 1. The van der Waals surface area contributed by atoms with E-state index >= 15 is 0 Å². The van der Waals surface area contributed by atoms with Gasteiger partial charge in [-0.05, 0) is 44.7 Å². The highest BCUT2D eigenvalue weighted by molar-refractivity contribution is 6.30. The molecule has 0 aromatic heterocycles. The van der Waals surface area contributed by atoms with E-state index in [-0.39, 0.29) is 11.9 Å². The number of carbonyl (C=O) groups excluding carboxylic acids is 1. The van der Waals surface area contributed by atoms with Crippen LogP contribution >= 0.6 is 11.6 Å². The van der Waals surface area contributed by atoms with Gasteiger partial charge in [0, 0.05) is 30.1 Å². The first kappa shape index (κ1) is 15.2. The summed E-state index contributed by atoms with van der Waals surface area (Å²) in [5.74, 6) is 0.121. The molecule has 0 amide bonds. The number of nitrogens with zero attached hydrogens (tertiary/aromatic N) is 1. The zero-order chi connectivity index (χ0) is 13.5. The first-order chi connectivity index (χ1) is 8.49. The number of benzene rings is 1. The molecule has 0 saturated carbocycles. The van der Waals surface area contributed by atoms with Crippen molar-refractivity contribution >= 4 is 17.4 Å². The van der Waals surface area contributed by atoms with Crippen LogP contribution in [0.25, 0.3) is 0 Å². The Labute approximate surface area is 113 Å². The molecule has 1 unspecified atom stereocenters. The summed E-state index contributed by atoms with van der Waals surface area (Å²) in [7, 11) is 1.96. The van der Waals surface area contributed by atoms with Gasteiger partial charge in [0.1, 0.15) is 0 Å². The van der Waals surface area contributed by atoms with Crippen molar-refractivity contribution in [1.29, 1.82) is 0 Å². The van der Waals surface area contributed by atoms with Gasteiger partial charge in [0.25, 0.3) is 0 Å². The zero-order valence-corrected chi connectivity index (χ0v) is 11.7. The molecule has 0 aliphatic heterocycles. The quantitative estimate of drug-likeness (QED) is 0.774. The van der Waals surface area contributed by atoms with Crippen LogP contribution in [-0.2, 0) is 0 Å². The number of rotatable bonds is 7. The maximum Gasteiger partial charge on any atom is 0.164 e. The topological polar surface area (TPSA) is 40.5 Å². The fraction of sp³-hybridized carbons (Fsp3) is 0.500. The number of carbonyl (C=O) groups is 1. The van der Waals surface area contributed by atoms with Crippen molar-refractivity contribution < 1.29 is 9.90 Å². The second-order valence-electron chi connectivity index (χ2n) is 4.62. The predicted molar refractivity (Wildman–Crippen MR) is 74.2 cm³/mol. The van der Waals surface area contributed by atoms with Gasteiger partial charge in [-0.25, -0.2) is 0 Å². The third kappa shape index (κ3) is 5.63. The Bertz CT molecular complexity index is 376. The molecule has 3 nitrogen and oxygen atoms in total. The molecule has 18 heavy (non-hydrogen) atoms. The zero-order valence-electron chi connectivity index (χ0n) is 10.9. The van der Waals surface area contributed by atoms with E-state index in [9.17, 15) is 9.90 Å². The fourth-order valence-electron chi connectivity index (χ4n) is 1.59. The second-order valence-corrected chi connectivity index (χ2v) is 5.06. The lowest BCUT2D eigenvalue weighted by Gasteiger charge is -2.16. The average Bonchev–Trinajstić information content (AvgIpc) is 2.34. The number of aliphatic hydroxyl groups is 1. The van der Waals surface area contributed by atoms with E-state index < -0.39 is 0 Å². The van der Waals surface area contributed by atoms with E-state index in [4.69, 9.17) is 11.6 Å². The summed E-state index contributed by atoms with van der Waals surface area (Å²) in [6, 6.07) is 6.96. The Balaban J connectivity index is 2.34. The summed E-state index contributed by atoms with van der Waals surface area (Å²) < 4.78 is 0. The van der Waals surface area contributed by atoms with Gasteiger partial charge < -0.3 is 10.0 Å². The van der Waals surface area contributed by atoms with Gasteiger partial charge in [-0.1, -0.05) is 11.6 Å². The number of aliphatic hydroxyl groups excluding tert-OH is 1. The van der Waals surface area contributed by atoms with Crippen LogP contribution in [0.3, 0.4) is 0 Å². The van der Waals surface area contributed by atoms with Crippen LogP contribution in [0.1, 0.15) is 30.1 Å². The van der Waals surface area contributed by atoms with Crippen molar-refractivity contribution in [2.45, 2.75) is 25.9 Å². The number of Topliss-reactive ketones (excluding diaryl/α,β-unsaturated/α-hetero) is 1. The summed E-state index contributed by atoms with van der Waals surface area (Å²) in [5, 5.41) is 9.82. The van der Waals surface area contributed by atoms with E-state index in [1.807, 2.05) is 7.05 Å². The van der Waals surface area contributed by atoms with Gasteiger partial charge >= 0.3 is 0 Å². The largest absolute Gasteiger partial charge is 0.393 e. The van der Waals surface area contributed by atoms with Gasteiger partial charge in [-0.3, -0.25) is 4.79 Å². The normalized spacial score (nSPS) is 12.7. The van der Waals surface area contributed by atoms with E-state index in [1.54, 1.807) is 31.2 Å². The van der Waals surface area contributed by atoms with Gasteiger partial charge in [0.05, 0.1) is 6.10 Å². The smallest absolute Gasteiger partial charge is 0.164 e. The predicted octanol–water partition coefficient (Wildman–Crippen LogP) is 2.62. The summed E-state index contributed by atoms with van der Waals surface area (Å²) in [4.78, 5) is 13.9. The minimum Gasteiger partial charge on any atom is -0.393 e. The molecule has 1 atom stereocenters. The van der Waals surface area contributed by atoms with Gasteiger partial charge in [-0.15, -0.1) is 0 Å². The monoisotopic (exact) mass is 269 g/mol. The summed E-state index contributed by atoms with van der Waals surface area (Å²) in [5.41, 5.74) is 0.698. The van der Waals surface area contributed by atoms with E-state index in [1.165, 1.54) is 0 Å². The summed E-state index contributed by atoms with van der Waals surface area (Å²) in [6.07, 6.45) is 0.920. The van der Waals surface area contributed by atoms with Crippen LogP contribution in [0.15, 0.2) is 24.3 Å². The maximum atomic E-state index is 11.9. The van der Waals surface area contributed by atoms with Gasteiger partial charge in [-0.2, -0.15) is 0 Å². The Kier molecular flexibility index (Phi) is 6.33. The molecule has 100 valence electrons. The van der Waals surface area contributed by atoms with Crippen molar-refractivity contribution in [3.05, 3.63) is 34.9 Å². The van der Waals surface area contributed by atoms with Crippen molar-refractivity contribution in [2.24, 2.45) is 0 Å². The van der Waals surface area contributed by atoms with Crippen LogP contribution in [0.2, 0.25) is 5.02 Å². The Hall–Kier alpha value is -0.900. The number of halogens is 1. The molecular weight excluding hydrogens is 250 g/mol. The highest BCUT2D eigenvalue weighted by atomic mass is 35.5. The average molecular weight is 270 g/mol. The molecule has 1 N–H and O–H groups in total. The van der Waals surface area contributed by atoms with E-state index in [2.05, 4.69) is 4.90 Å². The third-order valence-corrected chi connectivity index (χ3v) is 3.07. The van der Waals surface area contributed by atoms with Crippen molar-refractivity contribution in [3.63, 3.8) is 0 Å². The summed E-state index contributed by atoms with van der Waals surface area (Å²) >= 11 is 5.77. The lowest BCUT2D eigenvalue weighted by atomic mass is 10.1. The summed E-state index contributed by atoms with van der Waals surface area (Å²) in [6.45, 7) is 3.27. The molecule has 0 saturated heterocycles. The molecule has 0 aliphatic carbocycles. The van der Waals surface area contributed by atoms with Gasteiger partial charge in [0.2, 0.25) is 0 Å². The van der Waals surface area contributed by atoms with Crippen molar-refractivity contribution in [2.75, 3.05) is 20.1 Å². The minimum atomic E-state index is -0.292. The lowest BCUT2D eigenvalue weighted by molar-refractivity contribution is 0.0965. The first-order valence-electron chi connectivity index (χ1n) is 6.14. The number of hydrogen-bond donors (Lipinski definition) is 1. The minimum absolute atomic E-state index is 0.121. The highest BCUT2D eigenvalue weighted by Crippen LogP contribution is 2.11. The van der Waals surface area contributed by atoms with Crippen LogP contribution in [-0.4, -0.2) is 42.0 Å². The maximum absolute atomic E-state index is 11.9. The lowest BCUT2D eigenvalue weighted by Crippen LogP contribution is -2.25. The third-order valence-electron chi connectivity index (χ3n) is 2.82. The highest BCUT2D eigenvalue weighted by Gasteiger charge is 2.08. The van der Waals surface area contributed by atoms with Crippen molar-refractivity contribution in [1.82, 2.24) is 4.90 Å². The SMILES string of the molecule is CC(O)CCN(C)CCC(=O)c1ccc(Cl)cc1. The fourth-order valence-corrected chi connectivity index (χ4v) is 1.72. The molecule has 0 aliphatic rings. The number of hydrogen-bond acceptors (Lipinski definition) is 3. The molecule has 1 aromatic rings. The molecular formula is C14H20ClNO2. The van der Waals surface area contributed by atoms with Crippen LogP contribution in [0.4, 0.5) is 0 Å². The molecule has 4 heteroatoms. The molecule has 0 heterocycles. The Morgan fingerprint density at radius 1 is 1.33 bits per heavy atom. The molecule has 1 aromatic carbocycles. The van der Waals surface area contributed by atoms with Crippen molar-refractivity contribution in [3.8, 4) is 0 Å². The molecule has 1 rings (SSSR count). The van der Waals surface area contributed by atoms with Crippen LogP contribution in [0, 0.1) is 0 Å². The second kappa shape index (κ2) is 7.52. The van der Waals surface area contributed by atoms with Gasteiger partial charge in [0.15, 0.2) is 5.78 Å². The molecule has 0 radical (unpaired) electrons. The van der Waals surface area contributed by atoms with Crippen LogP contribution in [0.5, 0.6) is 0 Å². The Morgan fingerprint density at radius 3 is 2.50 bits per heavy atom.